The van der Waals surface area contributed by atoms with Crippen molar-refractivity contribution in [3.63, 3.8) is 0 Å². The highest BCUT2D eigenvalue weighted by Gasteiger charge is 2.30. The van der Waals surface area contributed by atoms with Gasteiger partial charge in [0, 0.05) is 24.6 Å². The predicted octanol–water partition coefficient (Wildman–Crippen LogP) is 2.49. The minimum absolute atomic E-state index is 0.00744. The molecule has 10 heteroatoms. The van der Waals surface area contributed by atoms with Crippen molar-refractivity contribution in [3.8, 4) is 11.4 Å². The largest absolute Gasteiger partial charge is 0.416 e. The van der Waals surface area contributed by atoms with E-state index < -0.39 is 17.3 Å². The van der Waals surface area contributed by atoms with Crippen LogP contribution in [0.3, 0.4) is 0 Å². The van der Waals surface area contributed by atoms with E-state index in [9.17, 15) is 22.8 Å². The topological polar surface area (TPSA) is 101 Å². The molecule has 0 aliphatic rings. The van der Waals surface area contributed by atoms with Gasteiger partial charge in [-0.15, -0.1) is 10.2 Å². The molecule has 150 valence electrons. The van der Waals surface area contributed by atoms with Crippen molar-refractivity contribution >= 4 is 5.91 Å². The zero-order chi connectivity index (χ0) is 20.9. The van der Waals surface area contributed by atoms with Crippen LogP contribution in [0.15, 0.2) is 53.5 Å². The number of benzene rings is 1. The van der Waals surface area contributed by atoms with Gasteiger partial charge in [-0.25, -0.2) is 0 Å². The third kappa shape index (κ3) is 5.47. The lowest BCUT2D eigenvalue weighted by Crippen LogP contribution is -2.25. The fraction of sp³-hybridized carbons (Fsp3) is 0.211. The van der Waals surface area contributed by atoms with E-state index in [0.29, 0.717) is 5.69 Å². The third-order valence-electron chi connectivity index (χ3n) is 4.01. The highest BCUT2D eigenvalue weighted by Crippen LogP contribution is 2.31. The van der Waals surface area contributed by atoms with E-state index in [-0.39, 0.29) is 42.4 Å². The first kappa shape index (κ1) is 20.2. The highest BCUT2D eigenvalue weighted by atomic mass is 19.4. The second kappa shape index (κ2) is 8.63. The highest BCUT2D eigenvalue weighted by molar-refractivity contribution is 5.76. The van der Waals surface area contributed by atoms with Gasteiger partial charge in [0.1, 0.15) is 5.69 Å². The molecule has 29 heavy (non-hydrogen) atoms. The minimum Gasteiger partial charge on any atom is -0.350 e. The Morgan fingerprint density at radius 1 is 1.10 bits per heavy atom. The smallest absolute Gasteiger partial charge is 0.350 e. The molecule has 2 aromatic heterocycles. The first-order chi connectivity index (χ1) is 13.8. The number of aromatic amines is 1. The van der Waals surface area contributed by atoms with E-state index in [0.717, 1.165) is 12.1 Å². The maximum atomic E-state index is 12.8. The lowest BCUT2D eigenvalue weighted by Gasteiger charge is -2.08. The summed E-state index contributed by atoms with van der Waals surface area (Å²) < 4.78 is 38.5. The van der Waals surface area contributed by atoms with E-state index in [1.807, 2.05) is 0 Å². The SMILES string of the molecule is O=C(CCc1nnc(-c2cccc(C(F)(F)F)c2)[nH]c1=O)NCc1ccccn1. The molecule has 0 aliphatic heterocycles. The molecule has 0 fully saturated rings. The summed E-state index contributed by atoms with van der Waals surface area (Å²) in [4.78, 5) is 30.6. The molecule has 0 saturated carbocycles. The Labute approximate surface area is 163 Å². The number of H-pyrrole nitrogens is 1. The van der Waals surface area contributed by atoms with Crippen molar-refractivity contribution in [2.24, 2.45) is 0 Å². The van der Waals surface area contributed by atoms with E-state index in [1.54, 1.807) is 24.4 Å². The van der Waals surface area contributed by atoms with Crippen LogP contribution in [0.2, 0.25) is 0 Å². The van der Waals surface area contributed by atoms with Crippen LogP contribution in [-0.4, -0.2) is 26.1 Å². The molecule has 0 atom stereocenters. The Balaban J connectivity index is 1.63. The van der Waals surface area contributed by atoms with Crippen molar-refractivity contribution in [2.75, 3.05) is 0 Å². The molecule has 3 rings (SSSR count). The van der Waals surface area contributed by atoms with Crippen LogP contribution in [0.1, 0.15) is 23.4 Å². The molecular weight excluding hydrogens is 387 g/mol. The number of amides is 1. The Hall–Kier alpha value is -3.56. The first-order valence-corrected chi connectivity index (χ1v) is 8.63. The number of aryl methyl sites for hydroxylation is 1. The lowest BCUT2D eigenvalue weighted by molar-refractivity contribution is -0.137. The Bertz CT molecular complexity index is 1050. The first-order valence-electron chi connectivity index (χ1n) is 8.63. The molecule has 0 saturated heterocycles. The summed E-state index contributed by atoms with van der Waals surface area (Å²) in [6.45, 7) is 0.260. The van der Waals surface area contributed by atoms with Gasteiger partial charge in [0.05, 0.1) is 17.8 Å². The Morgan fingerprint density at radius 3 is 2.62 bits per heavy atom. The average Bonchev–Trinajstić information content (AvgIpc) is 2.71. The number of alkyl halides is 3. The van der Waals surface area contributed by atoms with Crippen LogP contribution in [0.25, 0.3) is 11.4 Å². The number of hydrogen-bond acceptors (Lipinski definition) is 5. The van der Waals surface area contributed by atoms with Crippen LogP contribution < -0.4 is 10.9 Å². The van der Waals surface area contributed by atoms with E-state index in [1.165, 1.54) is 12.1 Å². The molecule has 3 aromatic rings. The van der Waals surface area contributed by atoms with Crippen molar-refractivity contribution < 1.29 is 18.0 Å². The molecule has 2 heterocycles. The van der Waals surface area contributed by atoms with E-state index in [2.05, 4.69) is 25.5 Å². The van der Waals surface area contributed by atoms with Gasteiger partial charge in [-0.3, -0.25) is 14.6 Å². The predicted molar refractivity (Wildman–Crippen MR) is 97.5 cm³/mol. The molecular formula is C19H16F3N5O2. The number of nitrogens with one attached hydrogen (secondary N) is 2. The number of carbonyl (C=O) groups is 1. The molecule has 0 unspecified atom stereocenters. The number of carbonyl (C=O) groups excluding carboxylic acids is 1. The van der Waals surface area contributed by atoms with Crippen LogP contribution in [0, 0.1) is 0 Å². The van der Waals surface area contributed by atoms with Gasteiger partial charge in [0.2, 0.25) is 5.91 Å². The van der Waals surface area contributed by atoms with Crippen LogP contribution in [0.5, 0.6) is 0 Å². The Kier molecular flexibility index (Phi) is 6.01. The summed E-state index contributed by atoms with van der Waals surface area (Å²) >= 11 is 0. The number of halogens is 3. The van der Waals surface area contributed by atoms with Crippen LogP contribution >= 0.6 is 0 Å². The molecule has 1 aromatic carbocycles. The van der Waals surface area contributed by atoms with Gasteiger partial charge in [-0.1, -0.05) is 18.2 Å². The van der Waals surface area contributed by atoms with Crippen LogP contribution in [-0.2, 0) is 23.9 Å². The fourth-order valence-electron chi connectivity index (χ4n) is 2.51. The van der Waals surface area contributed by atoms with E-state index >= 15 is 0 Å². The third-order valence-corrected chi connectivity index (χ3v) is 4.01. The molecule has 0 bridgehead atoms. The zero-order valence-electron chi connectivity index (χ0n) is 15.0. The number of pyridine rings is 1. The Morgan fingerprint density at radius 2 is 1.93 bits per heavy atom. The van der Waals surface area contributed by atoms with Gasteiger partial charge >= 0.3 is 6.18 Å². The summed E-state index contributed by atoms with van der Waals surface area (Å²) in [5, 5.41) is 10.2. The monoisotopic (exact) mass is 403 g/mol. The quantitative estimate of drug-likeness (QED) is 0.659. The molecule has 0 aliphatic carbocycles. The van der Waals surface area contributed by atoms with Crippen molar-refractivity contribution in [1.82, 2.24) is 25.5 Å². The maximum absolute atomic E-state index is 12.8. The van der Waals surface area contributed by atoms with Crippen LogP contribution in [0.4, 0.5) is 13.2 Å². The summed E-state index contributed by atoms with van der Waals surface area (Å²) in [6, 6.07) is 9.74. The second-order valence-electron chi connectivity index (χ2n) is 6.13. The molecule has 0 radical (unpaired) electrons. The molecule has 7 nitrogen and oxygen atoms in total. The normalized spacial score (nSPS) is 11.3. The summed E-state index contributed by atoms with van der Waals surface area (Å²) in [5.41, 5.74) is -0.655. The van der Waals surface area contributed by atoms with Gasteiger partial charge in [0.15, 0.2) is 5.82 Å². The fourth-order valence-corrected chi connectivity index (χ4v) is 2.51. The molecule has 0 spiro atoms. The number of hydrogen-bond donors (Lipinski definition) is 2. The number of rotatable bonds is 6. The van der Waals surface area contributed by atoms with Crippen molar-refractivity contribution in [3.05, 3.63) is 76.0 Å². The van der Waals surface area contributed by atoms with E-state index in [4.69, 9.17) is 0 Å². The van der Waals surface area contributed by atoms with Crippen molar-refractivity contribution in [2.45, 2.75) is 25.6 Å². The summed E-state index contributed by atoms with van der Waals surface area (Å²) in [6.07, 6.45) is -2.85. The van der Waals surface area contributed by atoms with Gasteiger partial charge in [-0.2, -0.15) is 13.2 Å². The standard InChI is InChI=1S/C19H16F3N5O2/c20-19(21,22)13-5-3-4-12(10-13)17-25-18(29)15(26-27-17)7-8-16(28)24-11-14-6-1-2-9-23-14/h1-6,9-10H,7-8,11H2,(H,24,28)(H,25,27,29). The maximum Gasteiger partial charge on any atom is 0.416 e. The summed E-state index contributed by atoms with van der Waals surface area (Å²) in [7, 11) is 0. The second-order valence-corrected chi connectivity index (χ2v) is 6.13. The summed E-state index contributed by atoms with van der Waals surface area (Å²) in [5.74, 6) is -0.372. The zero-order valence-corrected chi connectivity index (χ0v) is 15.0. The van der Waals surface area contributed by atoms with Gasteiger partial charge in [-0.05, 0) is 24.3 Å². The number of nitrogens with zero attached hydrogens (tertiary/aromatic N) is 3. The minimum atomic E-state index is -4.51. The number of aromatic nitrogens is 4. The van der Waals surface area contributed by atoms with Gasteiger partial charge < -0.3 is 10.3 Å². The molecule has 1 amide bonds. The average molecular weight is 403 g/mol. The lowest BCUT2D eigenvalue weighted by atomic mass is 10.1. The van der Waals surface area contributed by atoms with Gasteiger partial charge in [0.25, 0.3) is 5.56 Å². The molecule has 2 N–H and O–H groups in total. The van der Waals surface area contributed by atoms with Crippen molar-refractivity contribution in [1.29, 1.82) is 0 Å².